The Morgan fingerprint density at radius 2 is 2.25 bits per heavy atom. The fraction of sp³-hybridized carbons (Fsp3) is 0.818. The van der Waals surface area contributed by atoms with Crippen molar-refractivity contribution in [1.29, 1.82) is 0 Å². The van der Waals surface area contributed by atoms with E-state index in [0.29, 0.717) is 6.04 Å². The summed E-state index contributed by atoms with van der Waals surface area (Å²) < 4.78 is 0. The normalized spacial score (nSPS) is 30.9. The minimum atomic E-state index is 0.315. The molecule has 2 N–H and O–H groups in total. The fourth-order valence-electron chi connectivity index (χ4n) is 2.18. The highest BCUT2D eigenvalue weighted by molar-refractivity contribution is 4.99. The van der Waals surface area contributed by atoms with Crippen LogP contribution in [-0.4, -0.2) is 6.04 Å². The maximum atomic E-state index is 6.05. The molecule has 1 fully saturated rings. The van der Waals surface area contributed by atoms with E-state index >= 15 is 0 Å². The molecule has 0 aromatic rings. The predicted octanol–water partition coefficient (Wildman–Crippen LogP) is 2.16. The summed E-state index contributed by atoms with van der Waals surface area (Å²) in [4.78, 5) is 0. The van der Waals surface area contributed by atoms with Crippen molar-refractivity contribution in [2.24, 2.45) is 17.6 Å². The molecule has 0 amide bonds. The first-order valence-electron chi connectivity index (χ1n) is 4.91. The van der Waals surface area contributed by atoms with Crippen molar-refractivity contribution in [3.8, 4) is 11.8 Å². The monoisotopic (exact) mass is 165 g/mol. The fourth-order valence-corrected chi connectivity index (χ4v) is 2.18. The Kier molecular flexibility index (Phi) is 3.62. The topological polar surface area (TPSA) is 26.0 Å². The van der Waals surface area contributed by atoms with Crippen LogP contribution in [0.4, 0.5) is 0 Å². The smallest absolute Gasteiger partial charge is 0.0243 e. The van der Waals surface area contributed by atoms with Gasteiger partial charge in [-0.3, -0.25) is 0 Å². The van der Waals surface area contributed by atoms with Gasteiger partial charge in [0.05, 0.1) is 0 Å². The van der Waals surface area contributed by atoms with Gasteiger partial charge in [0.2, 0.25) is 0 Å². The molecule has 1 saturated carbocycles. The predicted molar refractivity (Wildman–Crippen MR) is 52.5 cm³/mol. The summed E-state index contributed by atoms with van der Waals surface area (Å²) in [5, 5.41) is 0. The van der Waals surface area contributed by atoms with Gasteiger partial charge in [0.15, 0.2) is 0 Å². The van der Waals surface area contributed by atoms with Gasteiger partial charge in [0.25, 0.3) is 0 Å². The summed E-state index contributed by atoms with van der Waals surface area (Å²) in [5.74, 6) is 7.52. The molecule has 12 heavy (non-hydrogen) atoms. The Morgan fingerprint density at radius 1 is 1.50 bits per heavy atom. The van der Waals surface area contributed by atoms with E-state index in [0.717, 1.165) is 18.3 Å². The molecule has 68 valence electrons. The first-order valence-corrected chi connectivity index (χ1v) is 4.91. The summed E-state index contributed by atoms with van der Waals surface area (Å²) in [6.45, 7) is 4.20. The van der Waals surface area contributed by atoms with Crippen LogP contribution in [-0.2, 0) is 0 Å². The van der Waals surface area contributed by atoms with E-state index in [2.05, 4.69) is 18.8 Å². The van der Waals surface area contributed by atoms with Gasteiger partial charge in [-0.05, 0) is 25.2 Å². The van der Waals surface area contributed by atoms with Crippen molar-refractivity contribution >= 4 is 0 Å². The summed E-state index contributed by atoms with van der Waals surface area (Å²) in [6, 6.07) is 0.315. The highest BCUT2D eigenvalue weighted by Crippen LogP contribution is 2.33. The SMILES string of the molecule is CC#CCC(N)C1CCCC1C. The maximum Gasteiger partial charge on any atom is 0.0243 e. The molecule has 0 bridgehead atoms. The zero-order chi connectivity index (χ0) is 8.97. The molecular formula is C11H19N. The van der Waals surface area contributed by atoms with E-state index in [1.807, 2.05) is 6.92 Å². The second-order valence-corrected chi connectivity index (χ2v) is 3.87. The molecule has 3 unspecified atom stereocenters. The van der Waals surface area contributed by atoms with E-state index in [1.54, 1.807) is 0 Å². The van der Waals surface area contributed by atoms with Gasteiger partial charge in [-0.15, -0.1) is 11.8 Å². The Labute approximate surface area is 75.7 Å². The second-order valence-electron chi connectivity index (χ2n) is 3.87. The standard InChI is InChI=1S/C11H19N/c1-3-4-8-11(12)10-7-5-6-9(10)2/h9-11H,5-8,12H2,1-2H3. The lowest BCUT2D eigenvalue weighted by Gasteiger charge is -2.21. The van der Waals surface area contributed by atoms with Crippen molar-refractivity contribution in [3.63, 3.8) is 0 Å². The summed E-state index contributed by atoms with van der Waals surface area (Å²) in [6.07, 6.45) is 4.91. The van der Waals surface area contributed by atoms with Gasteiger partial charge >= 0.3 is 0 Å². The van der Waals surface area contributed by atoms with Crippen LogP contribution in [0.5, 0.6) is 0 Å². The van der Waals surface area contributed by atoms with Crippen LogP contribution in [0.25, 0.3) is 0 Å². The van der Waals surface area contributed by atoms with Crippen molar-refractivity contribution < 1.29 is 0 Å². The van der Waals surface area contributed by atoms with Crippen molar-refractivity contribution in [1.82, 2.24) is 0 Å². The van der Waals surface area contributed by atoms with E-state index in [1.165, 1.54) is 19.3 Å². The van der Waals surface area contributed by atoms with E-state index < -0.39 is 0 Å². The Balaban J connectivity index is 2.38. The average Bonchev–Trinajstić information content (AvgIpc) is 2.47. The number of hydrogen-bond acceptors (Lipinski definition) is 1. The third-order valence-corrected chi connectivity index (χ3v) is 2.99. The molecule has 1 aliphatic rings. The van der Waals surface area contributed by atoms with Gasteiger partial charge in [0, 0.05) is 12.5 Å². The van der Waals surface area contributed by atoms with Crippen LogP contribution in [0.2, 0.25) is 0 Å². The summed E-state index contributed by atoms with van der Waals surface area (Å²) >= 11 is 0. The molecule has 0 heterocycles. The molecule has 0 saturated heterocycles. The third-order valence-electron chi connectivity index (χ3n) is 2.99. The van der Waals surface area contributed by atoms with Crippen molar-refractivity contribution in [2.75, 3.05) is 0 Å². The lowest BCUT2D eigenvalue weighted by Crippen LogP contribution is -2.31. The van der Waals surface area contributed by atoms with E-state index in [9.17, 15) is 0 Å². The average molecular weight is 165 g/mol. The molecular weight excluding hydrogens is 146 g/mol. The van der Waals surface area contributed by atoms with Crippen LogP contribution in [0.3, 0.4) is 0 Å². The molecule has 1 rings (SSSR count). The van der Waals surface area contributed by atoms with E-state index in [4.69, 9.17) is 5.73 Å². The van der Waals surface area contributed by atoms with Crippen LogP contribution < -0.4 is 5.73 Å². The lowest BCUT2D eigenvalue weighted by molar-refractivity contribution is 0.348. The molecule has 1 heteroatoms. The van der Waals surface area contributed by atoms with Gasteiger partial charge in [-0.2, -0.15) is 0 Å². The van der Waals surface area contributed by atoms with E-state index in [-0.39, 0.29) is 0 Å². The van der Waals surface area contributed by atoms with Gasteiger partial charge in [-0.1, -0.05) is 19.8 Å². The molecule has 1 aliphatic carbocycles. The summed E-state index contributed by atoms with van der Waals surface area (Å²) in [7, 11) is 0. The molecule has 0 aromatic heterocycles. The van der Waals surface area contributed by atoms with Crippen LogP contribution in [0, 0.1) is 23.7 Å². The molecule has 3 atom stereocenters. The van der Waals surface area contributed by atoms with Gasteiger partial charge < -0.3 is 5.73 Å². The highest BCUT2D eigenvalue weighted by atomic mass is 14.7. The molecule has 0 radical (unpaired) electrons. The highest BCUT2D eigenvalue weighted by Gasteiger charge is 2.27. The molecule has 0 spiro atoms. The zero-order valence-corrected chi connectivity index (χ0v) is 8.14. The Bertz CT molecular complexity index is 187. The molecule has 1 nitrogen and oxygen atoms in total. The molecule has 0 aliphatic heterocycles. The van der Waals surface area contributed by atoms with Crippen molar-refractivity contribution in [3.05, 3.63) is 0 Å². The minimum absolute atomic E-state index is 0.315. The summed E-state index contributed by atoms with van der Waals surface area (Å²) in [5.41, 5.74) is 6.05. The molecule has 0 aromatic carbocycles. The third kappa shape index (κ3) is 2.25. The van der Waals surface area contributed by atoms with Crippen molar-refractivity contribution in [2.45, 2.75) is 45.6 Å². The largest absolute Gasteiger partial charge is 0.327 e. The number of hydrogen-bond donors (Lipinski definition) is 1. The number of nitrogens with two attached hydrogens (primary N) is 1. The van der Waals surface area contributed by atoms with Crippen LogP contribution in [0.1, 0.15) is 39.5 Å². The lowest BCUT2D eigenvalue weighted by atomic mass is 9.89. The van der Waals surface area contributed by atoms with Crippen LogP contribution >= 0.6 is 0 Å². The Hall–Kier alpha value is -0.480. The van der Waals surface area contributed by atoms with Crippen LogP contribution in [0.15, 0.2) is 0 Å². The Morgan fingerprint density at radius 3 is 2.75 bits per heavy atom. The minimum Gasteiger partial charge on any atom is -0.327 e. The quantitative estimate of drug-likeness (QED) is 0.623. The second kappa shape index (κ2) is 4.52. The first kappa shape index (κ1) is 9.61. The zero-order valence-electron chi connectivity index (χ0n) is 8.14. The van der Waals surface area contributed by atoms with Gasteiger partial charge in [-0.25, -0.2) is 0 Å². The van der Waals surface area contributed by atoms with Gasteiger partial charge in [0.1, 0.15) is 0 Å². The number of rotatable bonds is 2. The maximum absolute atomic E-state index is 6.05. The first-order chi connectivity index (χ1) is 5.75.